The second-order valence-electron chi connectivity index (χ2n) is 8.35. The number of allylic oxidation sites excluding steroid dienone is 2. The zero-order chi connectivity index (χ0) is 23.2. The van der Waals surface area contributed by atoms with Crippen LogP contribution in [0.15, 0.2) is 48.5 Å². The largest absolute Gasteiger partial charge is 0.507 e. The molecule has 174 valence electrons. The molecule has 32 heavy (non-hydrogen) atoms. The van der Waals surface area contributed by atoms with E-state index in [0.717, 1.165) is 60.8 Å². The fourth-order valence-electron chi connectivity index (χ4n) is 4.25. The maximum absolute atomic E-state index is 11.2. The molecule has 0 atom stereocenters. The summed E-state index contributed by atoms with van der Waals surface area (Å²) < 4.78 is 0. The van der Waals surface area contributed by atoms with Crippen LogP contribution in [-0.4, -0.2) is 23.2 Å². The minimum atomic E-state index is 0.133. The molecule has 4 heteroatoms. The third kappa shape index (κ3) is 8.07. The average molecular weight is 438 g/mol. The minimum Gasteiger partial charge on any atom is -0.507 e. The number of benzene rings is 2. The van der Waals surface area contributed by atoms with Crippen molar-refractivity contribution in [3.05, 3.63) is 59.7 Å². The van der Waals surface area contributed by atoms with Gasteiger partial charge in [-0.25, -0.2) is 0 Å². The monoisotopic (exact) mass is 437 g/mol. The maximum atomic E-state index is 11.2. The number of unbranched alkanes of at least 4 members (excludes halogenated alkanes) is 7. The summed E-state index contributed by atoms with van der Waals surface area (Å²) in [6.45, 7) is 2.10. The summed E-state index contributed by atoms with van der Waals surface area (Å²) in [6, 6.07) is 15.0. The van der Waals surface area contributed by atoms with E-state index in [1.165, 1.54) is 25.7 Å². The van der Waals surface area contributed by atoms with Crippen molar-refractivity contribution < 1.29 is 15.0 Å². The van der Waals surface area contributed by atoms with Crippen LogP contribution in [0.1, 0.15) is 88.7 Å². The second kappa shape index (κ2) is 14.3. The highest BCUT2D eigenvalue weighted by Crippen LogP contribution is 2.39. The Kier molecular flexibility index (Phi) is 11.4. The zero-order valence-corrected chi connectivity index (χ0v) is 19.7. The second-order valence-corrected chi connectivity index (χ2v) is 8.35. The molecule has 2 rings (SSSR count). The van der Waals surface area contributed by atoms with Crippen molar-refractivity contribution in [2.75, 3.05) is 7.05 Å². The Labute approximate surface area is 193 Å². The molecule has 2 aromatic carbocycles. The standard InChI is InChI=1S/C28H39NO3/c1-3-22(24-17-12-14-19-26(24)30)23(25-18-13-15-20-27(25)31)16-10-8-6-4-5-7-9-11-21-28(32)29-2/h12-15,17-20,30-31H,3-11,16,21H2,1-2H3,(H,29,32)/b23-22+. The van der Waals surface area contributed by atoms with E-state index in [9.17, 15) is 15.0 Å². The average Bonchev–Trinajstić information content (AvgIpc) is 2.80. The lowest BCUT2D eigenvalue weighted by Gasteiger charge is -2.17. The predicted molar refractivity (Wildman–Crippen MR) is 134 cm³/mol. The number of phenols is 2. The van der Waals surface area contributed by atoms with Gasteiger partial charge in [-0.2, -0.15) is 0 Å². The van der Waals surface area contributed by atoms with E-state index in [2.05, 4.69) is 12.2 Å². The van der Waals surface area contributed by atoms with Crippen LogP contribution in [0.5, 0.6) is 11.5 Å². The van der Waals surface area contributed by atoms with Gasteiger partial charge in [0.2, 0.25) is 5.91 Å². The summed E-state index contributed by atoms with van der Waals surface area (Å²) in [5.41, 5.74) is 3.94. The van der Waals surface area contributed by atoms with E-state index in [4.69, 9.17) is 0 Å². The van der Waals surface area contributed by atoms with Crippen LogP contribution in [0, 0.1) is 0 Å². The van der Waals surface area contributed by atoms with Gasteiger partial charge in [-0.1, -0.05) is 81.8 Å². The van der Waals surface area contributed by atoms with E-state index in [1.807, 2.05) is 36.4 Å². The van der Waals surface area contributed by atoms with Gasteiger partial charge in [0.25, 0.3) is 0 Å². The van der Waals surface area contributed by atoms with Crippen molar-refractivity contribution in [2.24, 2.45) is 0 Å². The number of aromatic hydroxyl groups is 2. The highest BCUT2D eigenvalue weighted by Gasteiger charge is 2.15. The van der Waals surface area contributed by atoms with Gasteiger partial charge in [0.15, 0.2) is 0 Å². The lowest BCUT2D eigenvalue weighted by molar-refractivity contribution is -0.120. The van der Waals surface area contributed by atoms with Crippen molar-refractivity contribution in [2.45, 2.75) is 77.6 Å². The topological polar surface area (TPSA) is 69.6 Å². The van der Waals surface area contributed by atoms with Crippen LogP contribution in [0.2, 0.25) is 0 Å². The Morgan fingerprint density at radius 2 is 1.12 bits per heavy atom. The molecule has 0 radical (unpaired) electrons. The Morgan fingerprint density at radius 3 is 1.59 bits per heavy atom. The summed E-state index contributed by atoms with van der Waals surface area (Å²) in [4.78, 5) is 11.2. The molecule has 0 fully saturated rings. The number of carbonyl (C=O) groups excluding carboxylic acids is 1. The molecular weight excluding hydrogens is 398 g/mol. The fourth-order valence-corrected chi connectivity index (χ4v) is 4.25. The highest BCUT2D eigenvalue weighted by atomic mass is 16.3. The molecule has 0 spiro atoms. The normalized spacial score (nSPS) is 11.8. The zero-order valence-electron chi connectivity index (χ0n) is 19.7. The van der Waals surface area contributed by atoms with Gasteiger partial charge in [-0.05, 0) is 49.0 Å². The van der Waals surface area contributed by atoms with Gasteiger partial charge >= 0.3 is 0 Å². The molecule has 0 unspecified atom stereocenters. The first-order valence-corrected chi connectivity index (χ1v) is 12.1. The van der Waals surface area contributed by atoms with Crippen LogP contribution in [0.3, 0.4) is 0 Å². The molecule has 1 amide bonds. The number of amides is 1. The summed E-state index contributed by atoms with van der Waals surface area (Å²) in [7, 11) is 1.69. The van der Waals surface area contributed by atoms with Gasteiger partial charge in [-0.15, -0.1) is 0 Å². The van der Waals surface area contributed by atoms with Crippen LogP contribution in [-0.2, 0) is 4.79 Å². The van der Waals surface area contributed by atoms with Crippen molar-refractivity contribution in [1.82, 2.24) is 5.32 Å². The first kappa shape index (κ1) is 25.5. The molecule has 0 aliphatic heterocycles. The van der Waals surface area contributed by atoms with E-state index in [-0.39, 0.29) is 11.7 Å². The molecule has 2 aromatic rings. The number of para-hydroxylation sites is 2. The quantitative estimate of drug-likeness (QED) is 0.219. The van der Waals surface area contributed by atoms with Gasteiger partial charge in [0.05, 0.1) is 0 Å². The molecule has 3 N–H and O–H groups in total. The number of carbonyl (C=O) groups is 1. The minimum absolute atomic E-state index is 0.133. The summed E-state index contributed by atoms with van der Waals surface area (Å²) in [5.74, 6) is 0.711. The van der Waals surface area contributed by atoms with Crippen molar-refractivity contribution in [3.8, 4) is 11.5 Å². The van der Waals surface area contributed by atoms with Gasteiger partial charge in [0, 0.05) is 24.6 Å². The van der Waals surface area contributed by atoms with Gasteiger partial charge < -0.3 is 15.5 Å². The van der Waals surface area contributed by atoms with Crippen LogP contribution in [0.25, 0.3) is 11.1 Å². The van der Waals surface area contributed by atoms with Crippen LogP contribution < -0.4 is 5.32 Å². The predicted octanol–water partition coefficient (Wildman–Crippen LogP) is 7.07. The van der Waals surface area contributed by atoms with E-state index < -0.39 is 0 Å². The van der Waals surface area contributed by atoms with Crippen LogP contribution in [0.4, 0.5) is 0 Å². The number of phenolic OH excluding ortho intramolecular Hbond substituents is 2. The molecule has 0 heterocycles. The number of hydrogen-bond acceptors (Lipinski definition) is 3. The Balaban J connectivity index is 1.93. The lowest BCUT2D eigenvalue weighted by atomic mass is 9.88. The molecule has 0 aliphatic rings. The molecular formula is C28H39NO3. The van der Waals surface area contributed by atoms with Gasteiger partial charge in [-0.3, -0.25) is 4.79 Å². The first-order chi connectivity index (χ1) is 15.6. The fraction of sp³-hybridized carbons (Fsp3) is 0.464. The Morgan fingerprint density at radius 1 is 0.688 bits per heavy atom. The molecule has 0 bridgehead atoms. The number of nitrogens with one attached hydrogen (secondary N) is 1. The third-order valence-electron chi connectivity index (χ3n) is 6.04. The van der Waals surface area contributed by atoms with E-state index in [1.54, 1.807) is 19.2 Å². The van der Waals surface area contributed by atoms with Gasteiger partial charge in [0.1, 0.15) is 11.5 Å². The van der Waals surface area contributed by atoms with E-state index in [0.29, 0.717) is 12.2 Å². The summed E-state index contributed by atoms with van der Waals surface area (Å²) in [5, 5.41) is 23.6. The third-order valence-corrected chi connectivity index (χ3v) is 6.04. The SMILES string of the molecule is CC/C(=C(/CCCCCCCCCCC(=O)NC)c1ccccc1O)c1ccccc1O. The Hall–Kier alpha value is -2.75. The van der Waals surface area contributed by atoms with Crippen molar-refractivity contribution in [3.63, 3.8) is 0 Å². The van der Waals surface area contributed by atoms with Crippen molar-refractivity contribution in [1.29, 1.82) is 0 Å². The smallest absolute Gasteiger partial charge is 0.219 e. The lowest BCUT2D eigenvalue weighted by Crippen LogP contribution is -2.16. The van der Waals surface area contributed by atoms with Crippen molar-refractivity contribution >= 4 is 17.1 Å². The number of hydrogen-bond donors (Lipinski definition) is 3. The molecule has 0 aliphatic carbocycles. The molecule has 0 saturated carbocycles. The van der Waals surface area contributed by atoms with Crippen LogP contribution >= 0.6 is 0 Å². The highest BCUT2D eigenvalue weighted by molar-refractivity contribution is 5.93. The maximum Gasteiger partial charge on any atom is 0.219 e. The molecule has 4 nitrogen and oxygen atoms in total. The summed E-state index contributed by atoms with van der Waals surface area (Å²) >= 11 is 0. The van der Waals surface area contributed by atoms with E-state index >= 15 is 0 Å². The Bertz CT molecular complexity index is 872. The number of rotatable bonds is 14. The molecule has 0 aromatic heterocycles. The molecule has 0 saturated heterocycles. The summed E-state index contributed by atoms with van der Waals surface area (Å²) in [6.07, 6.45) is 11.4. The first-order valence-electron chi connectivity index (χ1n) is 12.1.